The second kappa shape index (κ2) is 5.31. The summed E-state index contributed by atoms with van der Waals surface area (Å²) in [6, 6.07) is 6.64. The zero-order chi connectivity index (χ0) is 14.9. The van der Waals surface area contributed by atoms with Gasteiger partial charge in [0, 0.05) is 13.1 Å². The molecule has 0 unspecified atom stereocenters. The summed E-state index contributed by atoms with van der Waals surface area (Å²) in [6.45, 7) is -0.0189. The Morgan fingerprint density at radius 3 is 2.70 bits per heavy atom. The lowest BCUT2D eigenvalue weighted by atomic mass is 10.1. The van der Waals surface area contributed by atoms with Gasteiger partial charge in [-0.1, -0.05) is 17.7 Å². The van der Waals surface area contributed by atoms with Crippen molar-refractivity contribution < 1.29 is 4.39 Å². The molecule has 0 aliphatic rings. The summed E-state index contributed by atoms with van der Waals surface area (Å²) in [6.07, 6.45) is 0. The molecule has 2 rings (SSSR count). The summed E-state index contributed by atoms with van der Waals surface area (Å²) in [5.74, 6) is -0.538. The Labute approximate surface area is 118 Å². The van der Waals surface area contributed by atoms with Crippen LogP contribution in [0.1, 0.15) is 11.1 Å². The van der Waals surface area contributed by atoms with E-state index in [0.717, 1.165) is 21.3 Å². The fourth-order valence-electron chi connectivity index (χ4n) is 1.75. The van der Waals surface area contributed by atoms with Crippen molar-refractivity contribution in [3.05, 3.63) is 67.2 Å². The molecule has 0 bridgehead atoms. The molecule has 2 aromatic rings. The van der Waals surface area contributed by atoms with Crippen LogP contribution >= 0.6 is 11.6 Å². The molecule has 1 heterocycles. The number of halogens is 2. The number of aromatic nitrogens is 2. The summed E-state index contributed by atoms with van der Waals surface area (Å²) in [4.78, 5) is 23.4. The fourth-order valence-corrected chi connectivity index (χ4v) is 1.97. The Bertz CT molecular complexity index is 833. The average Bonchev–Trinajstić information content (AvgIpc) is 2.42. The van der Waals surface area contributed by atoms with Gasteiger partial charge in [-0.2, -0.15) is 5.26 Å². The van der Waals surface area contributed by atoms with E-state index in [1.807, 2.05) is 6.07 Å². The Morgan fingerprint density at radius 2 is 2.05 bits per heavy atom. The molecule has 0 aliphatic carbocycles. The number of hydrogen-bond acceptors (Lipinski definition) is 3. The van der Waals surface area contributed by atoms with Gasteiger partial charge in [-0.3, -0.25) is 13.9 Å². The molecule has 1 aromatic carbocycles. The maximum atomic E-state index is 13.1. The molecule has 20 heavy (non-hydrogen) atoms. The monoisotopic (exact) mass is 293 g/mol. The minimum Gasteiger partial charge on any atom is -0.279 e. The maximum absolute atomic E-state index is 13.1. The summed E-state index contributed by atoms with van der Waals surface area (Å²) in [7, 11) is 1.33. The van der Waals surface area contributed by atoms with E-state index in [4.69, 9.17) is 16.9 Å². The third-order valence-electron chi connectivity index (χ3n) is 2.87. The van der Waals surface area contributed by atoms with Crippen LogP contribution in [0.5, 0.6) is 0 Å². The van der Waals surface area contributed by atoms with Crippen LogP contribution in [-0.4, -0.2) is 9.13 Å². The predicted octanol–water partition coefficient (Wildman–Crippen LogP) is 1.26. The number of hydrogen-bond donors (Lipinski definition) is 0. The smallest absolute Gasteiger partial charge is 0.279 e. The molecule has 0 saturated heterocycles. The summed E-state index contributed by atoms with van der Waals surface area (Å²) in [5.41, 5.74) is -0.565. The summed E-state index contributed by atoms with van der Waals surface area (Å²) < 4.78 is 15.1. The van der Waals surface area contributed by atoms with Crippen molar-refractivity contribution in [1.29, 1.82) is 5.26 Å². The summed E-state index contributed by atoms with van der Waals surface area (Å²) >= 11 is 5.88. The normalized spacial score (nSPS) is 10.3. The lowest BCUT2D eigenvalue weighted by molar-refractivity contribution is 0.621. The number of rotatable bonds is 2. The molecule has 102 valence electrons. The van der Waals surface area contributed by atoms with Crippen LogP contribution < -0.4 is 11.2 Å². The van der Waals surface area contributed by atoms with Gasteiger partial charge in [0.25, 0.3) is 5.56 Å². The van der Waals surface area contributed by atoms with Crippen molar-refractivity contribution in [1.82, 2.24) is 9.13 Å². The van der Waals surface area contributed by atoms with Crippen LogP contribution in [0.2, 0.25) is 5.15 Å². The largest absolute Gasteiger partial charge is 0.332 e. The third-order valence-corrected chi connectivity index (χ3v) is 3.18. The topological polar surface area (TPSA) is 67.8 Å². The second-order valence-electron chi connectivity index (χ2n) is 4.15. The van der Waals surface area contributed by atoms with Gasteiger partial charge < -0.3 is 0 Å². The van der Waals surface area contributed by atoms with E-state index >= 15 is 0 Å². The van der Waals surface area contributed by atoms with E-state index in [0.29, 0.717) is 5.56 Å². The van der Waals surface area contributed by atoms with E-state index in [2.05, 4.69) is 0 Å². The van der Waals surface area contributed by atoms with Gasteiger partial charge in [0.2, 0.25) is 0 Å². The standard InChI is InChI=1S/C13H9ClFN3O2/c1-17-12(19)5-11(14)18(13(17)20)7-8-2-3-10(15)4-9(8)6-16/h2-5H,7H2,1H3. The van der Waals surface area contributed by atoms with E-state index in [-0.39, 0.29) is 17.3 Å². The molecule has 0 atom stereocenters. The molecule has 1 aromatic heterocycles. The van der Waals surface area contributed by atoms with Crippen LogP contribution in [0.15, 0.2) is 33.9 Å². The highest BCUT2D eigenvalue weighted by Crippen LogP contribution is 2.13. The minimum absolute atomic E-state index is 0.0189. The van der Waals surface area contributed by atoms with Gasteiger partial charge in [0.15, 0.2) is 0 Å². The third kappa shape index (κ3) is 2.49. The molecule has 0 aliphatic heterocycles. The van der Waals surface area contributed by atoms with Gasteiger partial charge in [0.1, 0.15) is 11.0 Å². The van der Waals surface area contributed by atoms with E-state index < -0.39 is 17.1 Å². The van der Waals surface area contributed by atoms with Crippen molar-refractivity contribution in [2.75, 3.05) is 0 Å². The molecule has 5 nitrogen and oxygen atoms in total. The van der Waals surface area contributed by atoms with Gasteiger partial charge in [0.05, 0.1) is 18.2 Å². The Kier molecular flexibility index (Phi) is 3.72. The molecule has 0 radical (unpaired) electrons. The number of nitrogens with zero attached hydrogens (tertiary/aromatic N) is 3. The highest BCUT2D eigenvalue weighted by Gasteiger charge is 2.11. The van der Waals surface area contributed by atoms with Crippen molar-refractivity contribution in [2.24, 2.45) is 7.05 Å². The number of benzene rings is 1. The highest BCUT2D eigenvalue weighted by molar-refractivity contribution is 6.29. The van der Waals surface area contributed by atoms with E-state index in [1.165, 1.54) is 19.2 Å². The van der Waals surface area contributed by atoms with Crippen LogP contribution in [-0.2, 0) is 13.6 Å². The van der Waals surface area contributed by atoms with Crippen molar-refractivity contribution in [3.8, 4) is 6.07 Å². The van der Waals surface area contributed by atoms with Crippen molar-refractivity contribution in [3.63, 3.8) is 0 Å². The first-order chi connectivity index (χ1) is 9.43. The van der Waals surface area contributed by atoms with Crippen LogP contribution in [0, 0.1) is 17.1 Å². The summed E-state index contributed by atoms with van der Waals surface area (Å²) in [5, 5.41) is 8.93. The Balaban J connectivity index is 2.57. The van der Waals surface area contributed by atoms with E-state index in [1.54, 1.807) is 0 Å². The number of nitriles is 1. The molecular weight excluding hydrogens is 285 g/mol. The lowest BCUT2D eigenvalue weighted by Crippen LogP contribution is -2.38. The SMILES string of the molecule is Cn1c(=O)cc(Cl)n(Cc2ccc(F)cc2C#N)c1=O. The van der Waals surface area contributed by atoms with Crippen molar-refractivity contribution >= 4 is 11.6 Å². The molecule has 0 saturated carbocycles. The molecule has 0 amide bonds. The molecule has 0 N–H and O–H groups in total. The first-order valence-electron chi connectivity index (χ1n) is 5.59. The van der Waals surface area contributed by atoms with Crippen LogP contribution in [0.4, 0.5) is 4.39 Å². The Hall–Kier alpha value is -2.39. The molecule has 0 spiro atoms. The minimum atomic E-state index is -0.601. The predicted molar refractivity (Wildman–Crippen MR) is 71.2 cm³/mol. The fraction of sp³-hybridized carbons (Fsp3) is 0.154. The first kappa shape index (κ1) is 14.0. The molecule has 7 heteroatoms. The van der Waals surface area contributed by atoms with Crippen molar-refractivity contribution in [2.45, 2.75) is 6.54 Å². The lowest BCUT2D eigenvalue weighted by Gasteiger charge is -2.10. The molecule has 0 fully saturated rings. The van der Waals surface area contributed by atoms with Gasteiger partial charge >= 0.3 is 5.69 Å². The quantitative estimate of drug-likeness (QED) is 0.783. The zero-order valence-corrected chi connectivity index (χ0v) is 11.2. The highest BCUT2D eigenvalue weighted by atomic mass is 35.5. The zero-order valence-electron chi connectivity index (χ0n) is 10.4. The molecular formula is C13H9ClFN3O2. The first-order valence-corrected chi connectivity index (χ1v) is 5.96. The van der Waals surface area contributed by atoms with Crippen LogP contribution in [0.25, 0.3) is 0 Å². The van der Waals surface area contributed by atoms with Gasteiger partial charge in [-0.15, -0.1) is 0 Å². The van der Waals surface area contributed by atoms with Crippen LogP contribution in [0.3, 0.4) is 0 Å². The van der Waals surface area contributed by atoms with Gasteiger partial charge in [-0.05, 0) is 17.7 Å². The maximum Gasteiger partial charge on any atom is 0.332 e. The second-order valence-corrected chi connectivity index (χ2v) is 4.53. The Morgan fingerprint density at radius 1 is 1.35 bits per heavy atom. The van der Waals surface area contributed by atoms with E-state index in [9.17, 15) is 14.0 Å². The average molecular weight is 294 g/mol. The van der Waals surface area contributed by atoms with Gasteiger partial charge in [-0.25, -0.2) is 9.18 Å².